The second-order valence-electron chi connectivity index (χ2n) is 5.24. The number of fused-ring (bicyclic) bond motifs is 3. The molecule has 0 saturated carbocycles. The molecule has 0 saturated heterocycles. The Morgan fingerprint density at radius 2 is 2.05 bits per heavy atom. The number of nitrogens with zero attached hydrogens (tertiary/aromatic N) is 4. The SMILES string of the molecule is CC(C)Cn1cnc2c(N)nc3ccccc3c21.O=[N+]([O-])O. The van der Waals surface area contributed by atoms with E-state index in [9.17, 15) is 0 Å². The van der Waals surface area contributed by atoms with Crippen molar-refractivity contribution in [2.75, 3.05) is 5.73 Å². The molecule has 0 bridgehead atoms. The third-order valence-electron chi connectivity index (χ3n) is 3.04. The number of benzene rings is 1. The van der Waals surface area contributed by atoms with E-state index in [2.05, 4.69) is 34.4 Å². The molecule has 0 unspecified atom stereocenters. The predicted molar refractivity (Wildman–Crippen MR) is 83.1 cm³/mol. The molecule has 0 radical (unpaired) electrons. The number of nitrogens with two attached hydrogens (primary N) is 1. The van der Waals surface area contributed by atoms with Gasteiger partial charge in [-0.3, -0.25) is 0 Å². The average molecular weight is 303 g/mol. The van der Waals surface area contributed by atoms with E-state index >= 15 is 0 Å². The lowest BCUT2D eigenvalue weighted by Gasteiger charge is -2.09. The zero-order valence-electron chi connectivity index (χ0n) is 12.3. The zero-order valence-corrected chi connectivity index (χ0v) is 12.3. The maximum Gasteiger partial charge on any atom is 0.291 e. The molecule has 0 aliphatic rings. The van der Waals surface area contributed by atoms with Crippen LogP contribution < -0.4 is 5.73 Å². The maximum absolute atomic E-state index is 8.36. The number of para-hydroxylation sites is 1. The van der Waals surface area contributed by atoms with Gasteiger partial charge in [-0.2, -0.15) is 0 Å². The first kappa shape index (κ1) is 15.5. The summed E-state index contributed by atoms with van der Waals surface area (Å²) in [6.07, 6.45) is 1.86. The van der Waals surface area contributed by atoms with Crippen LogP contribution in [-0.2, 0) is 6.54 Å². The zero-order chi connectivity index (χ0) is 16.3. The van der Waals surface area contributed by atoms with Gasteiger partial charge in [-0.05, 0) is 12.0 Å². The number of hydrogen-bond acceptors (Lipinski definition) is 5. The summed E-state index contributed by atoms with van der Waals surface area (Å²) in [6.45, 7) is 5.32. The minimum Gasteiger partial charge on any atom is -0.382 e. The molecule has 3 N–H and O–H groups in total. The lowest BCUT2D eigenvalue weighted by Crippen LogP contribution is -2.03. The first-order valence-electron chi connectivity index (χ1n) is 6.72. The highest BCUT2D eigenvalue weighted by molar-refractivity contribution is 6.06. The van der Waals surface area contributed by atoms with Gasteiger partial charge in [-0.25, -0.2) is 9.97 Å². The largest absolute Gasteiger partial charge is 0.382 e. The third kappa shape index (κ3) is 3.22. The Bertz CT molecular complexity index is 809. The number of anilines is 1. The topological polar surface area (TPSA) is 120 Å². The molecule has 8 nitrogen and oxygen atoms in total. The van der Waals surface area contributed by atoms with Gasteiger partial charge >= 0.3 is 0 Å². The minimum atomic E-state index is -1.50. The van der Waals surface area contributed by atoms with Crippen LogP contribution in [0, 0.1) is 16.0 Å². The van der Waals surface area contributed by atoms with Crippen LogP contribution in [0.4, 0.5) is 5.82 Å². The van der Waals surface area contributed by atoms with Gasteiger partial charge in [0, 0.05) is 11.9 Å². The lowest BCUT2D eigenvalue weighted by atomic mass is 10.1. The fourth-order valence-electron chi connectivity index (χ4n) is 2.34. The Morgan fingerprint density at radius 1 is 1.41 bits per heavy atom. The van der Waals surface area contributed by atoms with Crippen LogP contribution in [0.1, 0.15) is 13.8 Å². The monoisotopic (exact) mass is 303 g/mol. The highest BCUT2D eigenvalue weighted by atomic mass is 16.9. The predicted octanol–water partition coefficient (Wildman–Crippen LogP) is 2.47. The Hall–Kier alpha value is -2.90. The fourth-order valence-corrected chi connectivity index (χ4v) is 2.34. The van der Waals surface area contributed by atoms with Crippen molar-refractivity contribution < 1.29 is 10.3 Å². The molecule has 8 heteroatoms. The van der Waals surface area contributed by atoms with Crippen molar-refractivity contribution in [3.05, 3.63) is 40.7 Å². The molecule has 3 aromatic rings. The lowest BCUT2D eigenvalue weighted by molar-refractivity contribution is -0.742. The van der Waals surface area contributed by atoms with Gasteiger partial charge in [0.15, 0.2) is 5.82 Å². The van der Waals surface area contributed by atoms with Crippen LogP contribution >= 0.6 is 0 Å². The smallest absolute Gasteiger partial charge is 0.291 e. The number of pyridine rings is 1. The molecule has 1 aromatic carbocycles. The van der Waals surface area contributed by atoms with E-state index in [1.54, 1.807) is 0 Å². The van der Waals surface area contributed by atoms with E-state index in [0.717, 1.165) is 28.5 Å². The van der Waals surface area contributed by atoms with Gasteiger partial charge in [-0.1, -0.05) is 32.0 Å². The summed E-state index contributed by atoms with van der Waals surface area (Å²) >= 11 is 0. The number of nitrogen functional groups attached to an aromatic ring is 1. The summed E-state index contributed by atoms with van der Waals surface area (Å²) in [6, 6.07) is 8.05. The van der Waals surface area contributed by atoms with Crippen molar-refractivity contribution in [3.63, 3.8) is 0 Å². The van der Waals surface area contributed by atoms with Crippen LogP contribution in [-0.4, -0.2) is 24.8 Å². The van der Waals surface area contributed by atoms with E-state index in [4.69, 9.17) is 21.1 Å². The standard InChI is InChI=1S/C14H16N4.HNO3/c1-9(2)7-18-8-16-12-13(18)10-5-3-4-6-11(10)17-14(12)15;2-1(3)4/h3-6,8-9H,7H2,1-2H3,(H2,15,17);(H,2,3,4). The highest BCUT2D eigenvalue weighted by Gasteiger charge is 2.12. The van der Waals surface area contributed by atoms with E-state index in [1.807, 2.05) is 24.5 Å². The molecule has 2 aromatic heterocycles. The first-order valence-corrected chi connectivity index (χ1v) is 6.72. The van der Waals surface area contributed by atoms with Crippen molar-refractivity contribution in [3.8, 4) is 0 Å². The van der Waals surface area contributed by atoms with Crippen molar-refractivity contribution in [2.45, 2.75) is 20.4 Å². The maximum atomic E-state index is 8.36. The molecule has 2 heterocycles. The van der Waals surface area contributed by atoms with Crippen molar-refractivity contribution >= 4 is 27.8 Å². The molecule has 0 atom stereocenters. The Morgan fingerprint density at radius 3 is 2.68 bits per heavy atom. The van der Waals surface area contributed by atoms with Gasteiger partial charge < -0.3 is 15.5 Å². The number of aromatic nitrogens is 3. The van der Waals surface area contributed by atoms with Crippen LogP contribution in [0.3, 0.4) is 0 Å². The number of hydrogen-bond donors (Lipinski definition) is 2. The number of rotatable bonds is 2. The Kier molecular flexibility index (Phi) is 4.40. The van der Waals surface area contributed by atoms with Crippen molar-refractivity contribution in [1.82, 2.24) is 14.5 Å². The van der Waals surface area contributed by atoms with Gasteiger partial charge in [0.1, 0.15) is 5.52 Å². The van der Waals surface area contributed by atoms with Gasteiger partial charge in [0.25, 0.3) is 5.09 Å². The van der Waals surface area contributed by atoms with Crippen molar-refractivity contribution in [2.24, 2.45) is 5.92 Å². The minimum absolute atomic E-state index is 0.506. The summed E-state index contributed by atoms with van der Waals surface area (Å²) in [5.74, 6) is 1.07. The summed E-state index contributed by atoms with van der Waals surface area (Å²) in [5.41, 5.74) is 8.79. The molecular formula is C14H17N5O3. The second-order valence-corrected chi connectivity index (χ2v) is 5.24. The molecule has 22 heavy (non-hydrogen) atoms. The first-order chi connectivity index (χ1) is 10.4. The molecule has 0 amide bonds. The Balaban J connectivity index is 0.000000396. The molecule has 3 rings (SSSR count). The van der Waals surface area contributed by atoms with Crippen molar-refractivity contribution in [1.29, 1.82) is 0 Å². The van der Waals surface area contributed by atoms with Gasteiger partial charge in [0.2, 0.25) is 0 Å². The van der Waals surface area contributed by atoms with Crippen LogP contribution in [0.25, 0.3) is 21.9 Å². The summed E-state index contributed by atoms with van der Waals surface area (Å²) in [7, 11) is 0. The summed E-state index contributed by atoms with van der Waals surface area (Å²) in [4.78, 5) is 17.2. The molecular weight excluding hydrogens is 286 g/mol. The molecule has 0 aliphatic heterocycles. The van der Waals surface area contributed by atoms with Crippen LogP contribution in [0.2, 0.25) is 0 Å². The van der Waals surface area contributed by atoms with Gasteiger partial charge in [0.05, 0.1) is 17.4 Å². The summed E-state index contributed by atoms with van der Waals surface area (Å²) < 4.78 is 2.17. The quantitative estimate of drug-likeness (QED) is 0.554. The number of imidazole rings is 1. The van der Waals surface area contributed by atoms with E-state index in [-0.39, 0.29) is 0 Å². The van der Waals surface area contributed by atoms with E-state index < -0.39 is 5.09 Å². The van der Waals surface area contributed by atoms with E-state index in [0.29, 0.717) is 11.7 Å². The van der Waals surface area contributed by atoms with E-state index in [1.165, 1.54) is 0 Å². The highest BCUT2D eigenvalue weighted by Crippen LogP contribution is 2.27. The normalized spacial score (nSPS) is 10.7. The second kappa shape index (κ2) is 6.25. The molecule has 0 spiro atoms. The third-order valence-corrected chi connectivity index (χ3v) is 3.04. The molecule has 0 fully saturated rings. The molecule has 0 aliphatic carbocycles. The summed E-state index contributed by atoms with van der Waals surface area (Å²) in [5, 5.41) is 14.7. The van der Waals surface area contributed by atoms with Crippen LogP contribution in [0.15, 0.2) is 30.6 Å². The van der Waals surface area contributed by atoms with Crippen LogP contribution in [0.5, 0.6) is 0 Å². The average Bonchev–Trinajstić information content (AvgIpc) is 2.82. The Labute approximate surface area is 126 Å². The molecule has 116 valence electrons. The fraction of sp³-hybridized carbons (Fsp3) is 0.286. The van der Waals surface area contributed by atoms with Gasteiger partial charge in [-0.15, -0.1) is 10.1 Å².